The lowest BCUT2D eigenvalue weighted by Crippen LogP contribution is -2.44. The van der Waals surface area contributed by atoms with Crippen molar-refractivity contribution < 1.29 is 14.3 Å². The van der Waals surface area contributed by atoms with Crippen LogP contribution in [0.5, 0.6) is 0 Å². The van der Waals surface area contributed by atoms with Gasteiger partial charge in [-0.2, -0.15) is 0 Å². The van der Waals surface area contributed by atoms with Crippen LogP contribution in [0.2, 0.25) is 0 Å². The summed E-state index contributed by atoms with van der Waals surface area (Å²) in [5, 5.41) is 0. The molecule has 2 aliphatic heterocycles. The van der Waals surface area contributed by atoms with Crippen LogP contribution in [0.15, 0.2) is 24.3 Å². The summed E-state index contributed by atoms with van der Waals surface area (Å²) in [7, 11) is 3.54. The molecule has 0 N–H and O–H groups in total. The van der Waals surface area contributed by atoms with Crippen molar-refractivity contribution in [3.63, 3.8) is 0 Å². The Bertz CT molecular complexity index is 611. The largest absolute Gasteiger partial charge is 0.383 e. The van der Waals surface area contributed by atoms with Crippen molar-refractivity contribution >= 4 is 5.91 Å². The molecule has 2 aliphatic rings. The van der Waals surface area contributed by atoms with Crippen molar-refractivity contribution in [3.05, 3.63) is 35.4 Å². The van der Waals surface area contributed by atoms with Crippen molar-refractivity contribution in [2.75, 3.05) is 53.6 Å². The summed E-state index contributed by atoms with van der Waals surface area (Å²) in [6, 6.07) is 8.36. The van der Waals surface area contributed by atoms with Crippen LogP contribution in [0.1, 0.15) is 35.2 Å². The zero-order valence-corrected chi connectivity index (χ0v) is 16.4. The molecule has 0 bridgehead atoms. The molecule has 1 spiro atoms. The van der Waals surface area contributed by atoms with Gasteiger partial charge in [-0.25, -0.2) is 0 Å². The summed E-state index contributed by atoms with van der Waals surface area (Å²) in [4.78, 5) is 17.4. The number of nitrogens with zero attached hydrogens (tertiary/aromatic N) is 2. The number of rotatable bonds is 6. The number of benzene rings is 1. The van der Waals surface area contributed by atoms with Crippen molar-refractivity contribution in [3.8, 4) is 0 Å². The van der Waals surface area contributed by atoms with Gasteiger partial charge in [0.1, 0.15) is 0 Å². The Morgan fingerprint density at radius 1 is 1.19 bits per heavy atom. The number of likely N-dealkylation sites (tertiary alicyclic amines) is 2. The van der Waals surface area contributed by atoms with Crippen LogP contribution >= 0.6 is 0 Å². The molecule has 26 heavy (non-hydrogen) atoms. The second kappa shape index (κ2) is 8.51. The first-order valence-electron chi connectivity index (χ1n) is 9.65. The van der Waals surface area contributed by atoms with Gasteiger partial charge in [0, 0.05) is 52.0 Å². The minimum atomic E-state index is 0.181. The predicted octanol–water partition coefficient (Wildman–Crippen LogP) is 2.58. The maximum atomic E-state index is 12.9. The van der Waals surface area contributed by atoms with Gasteiger partial charge < -0.3 is 14.4 Å². The Kier molecular flexibility index (Phi) is 6.33. The first kappa shape index (κ1) is 19.3. The molecule has 0 aliphatic carbocycles. The first-order valence-corrected chi connectivity index (χ1v) is 9.65. The maximum absolute atomic E-state index is 12.9. The normalized spacial score (nSPS) is 22.9. The Balaban J connectivity index is 1.62. The minimum absolute atomic E-state index is 0.181. The topological polar surface area (TPSA) is 42.0 Å². The van der Waals surface area contributed by atoms with Crippen LogP contribution in [-0.4, -0.2) is 75.4 Å². The Morgan fingerprint density at radius 3 is 2.58 bits per heavy atom. The molecule has 144 valence electrons. The van der Waals surface area contributed by atoms with E-state index < -0.39 is 0 Å². The number of carbonyl (C=O) groups is 1. The molecule has 0 radical (unpaired) electrons. The van der Waals surface area contributed by atoms with E-state index in [0.717, 1.165) is 69.8 Å². The van der Waals surface area contributed by atoms with Gasteiger partial charge in [0.15, 0.2) is 0 Å². The number of amides is 1. The lowest BCUT2D eigenvalue weighted by Gasteiger charge is -2.39. The monoisotopic (exact) mass is 360 g/mol. The number of ether oxygens (including phenoxy) is 2. The quantitative estimate of drug-likeness (QED) is 0.782. The number of piperidine rings is 1. The van der Waals surface area contributed by atoms with Crippen LogP contribution in [0.3, 0.4) is 0 Å². The van der Waals surface area contributed by atoms with E-state index in [-0.39, 0.29) is 5.91 Å². The molecule has 5 nitrogen and oxygen atoms in total. The van der Waals surface area contributed by atoms with Gasteiger partial charge in [-0.3, -0.25) is 9.69 Å². The minimum Gasteiger partial charge on any atom is -0.383 e. The van der Waals surface area contributed by atoms with E-state index in [2.05, 4.69) is 4.90 Å². The van der Waals surface area contributed by atoms with Crippen LogP contribution in [0.25, 0.3) is 0 Å². The highest BCUT2D eigenvalue weighted by atomic mass is 16.5. The van der Waals surface area contributed by atoms with Gasteiger partial charge >= 0.3 is 0 Å². The van der Waals surface area contributed by atoms with Crippen LogP contribution in [-0.2, 0) is 9.47 Å². The lowest BCUT2D eigenvalue weighted by atomic mass is 9.76. The zero-order valence-electron chi connectivity index (χ0n) is 16.4. The molecule has 0 unspecified atom stereocenters. The molecule has 1 aromatic carbocycles. The van der Waals surface area contributed by atoms with E-state index >= 15 is 0 Å². The van der Waals surface area contributed by atoms with E-state index in [0.29, 0.717) is 11.5 Å². The average Bonchev–Trinajstić information content (AvgIpc) is 2.98. The second-order valence-electron chi connectivity index (χ2n) is 7.88. The van der Waals surface area contributed by atoms with Crippen LogP contribution in [0.4, 0.5) is 0 Å². The molecule has 1 amide bonds. The molecular formula is C21H32N2O3. The molecule has 2 saturated heterocycles. The maximum Gasteiger partial charge on any atom is 0.254 e. The number of aryl methyl sites for hydroxylation is 1. The summed E-state index contributed by atoms with van der Waals surface area (Å²) >= 11 is 0. The third kappa shape index (κ3) is 4.11. The number of carbonyl (C=O) groups excluding carboxylic acids is 1. The summed E-state index contributed by atoms with van der Waals surface area (Å²) in [6.45, 7) is 7.30. The first-order chi connectivity index (χ1) is 12.6. The smallest absolute Gasteiger partial charge is 0.254 e. The highest BCUT2D eigenvalue weighted by Gasteiger charge is 2.45. The van der Waals surface area contributed by atoms with E-state index in [1.807, 2.05) is 36.1 Å². The van der Waals surface area contributed by atoms with Crippen LogP contribution in [0, 0.1) is 12.3 Å². The summed E-state index contributed by atoms with van der Waals surface area (Å²) in [5.41, 5.74) is 2.22. The number of hydrogen-bond donors (Lipinski definition) is 0. The molecule has 5 heteroatoms. The summed E-state index contributed by atoms with van der Waals surface area (Å²) in [5.74, 6) is 0.181. The molecular weight excluding hydrogens is 328 g/mol. The lowest BCUT2D eigenvalue weighted by molar-refractivity contribution is 0.0581. The van der Waals surface area contributed by atoms with Gasteiger partial charge in [0.25, 0.3) is 5.91 Å². The van der Waals surface area contributed by atoms with Gasteiger partial charge in [-0.1, -0.05) is 18.2 Å². The number of hydrogen-bond acceptors (Lipinski definition) is 4. The number of methoxy groups -OCH3 is 2. The van der Waals surface area contributed by atoms with E-state index in [1.54, 1.807) is 14.2 Å². The SMILES string of the molecule is COCCN1CC2(CCN(C(=O)c3ccccc3C)CC2)C[C@@H]1COC. The molecule has 1 atom stereocenters. The van der Waals surface area contributed by atoms with Crippen molar-refractivity contribution in [2.45, 2.75) is 32.2 Å². The predicted molar refractivity (Wildman–Crippen MR) is 102 cm³/mol. The van der Waals surface area contributed by atoms with Gasteiger partial charge in [-0.15, -0.1) is 0 Å². The zero-order chi connectivity index (χ0) is 18.6. The van der Waals surface area contributed by atoms with Crippen LogP contribution < -0.4 is 0 Å². The highest BCUT2D eigenvalue weighted by Crippen LogP contribution is 2.43. The highest BCUT2D eigenvalue weighted by molar-refractivity contribution is 5.95. The fourth-order valence-electron chi connectivity index (χ4n) is 4.61. The van der Waals surface area contributed by atoms with E-state index in [9.17, 15) is 4.79 Å². The molecule has 1 aromatic rings. The second-order valence-corrected chi connectivity index (χ2v) is 7.88. The fourth-order valence-corrected chi connectivity index (χ4v) is 4.61. The standard InChI is InChI=1S/C21H32N2O3/c1-17-6-4-5-7-19(17)20(24)22-10-8-21(9-11-22)14-18(15-26-3)23(16-21)12-13-25-2/h4-7,18H,8-16H2,1-3H3/t18-/m1/s1. The molecule has 2 heterocycles. The Hall–Kier alpha value is -1.43. The summed E-state index contributed by atoms with van der Waals surface area (Å²) < 4.78 is 10.7. The fraction of sp³-hybridized carbons (Fsp3) is 0.667. The van der Waals surface area contributed by atoms with Crippen molar-refractivity contribution in [1.29, 1.82) is 0 Å². The molecule has 0 saturated carbocycles. The molecule has 0 aromatic heterocycles. The van der Waals surface area contributed by atoms with Crippen molar-refractivity contribution in [1.82, 2.24) is 9.80 Å². The Morgan fingerprint density at radius 2 is 1.92 bits per heavy atom. The van der Waals surface area contributed by atoms with E-state index in [4.69, 9.17) is 9.47 Å². The average molecular weight is 360 g/mol. The molecule has 2 fully saturated rings. The molecule has 3 rings (SSSR count). The van der Waals surface area contributed by atoms with E-state index in [1.165, 1.54) is 0 Å². The van der Waals surface area contributed by atoms with Crippen molar-refractivity contribution in [2.24, 2.45) is 5.41 Å². The van der Waals surface area contributed by atoms with Gasteiger partial charge in [-0.05, 0) is 43.2 Å². The summed E-state index contributed by atoms with van der Waals surface area (Å²) in [6.07, 6.45) is 3.32. The van der Waals surface area contributed by atoms with Gasteiger partial charge in [0.05, 0.1) is 13.2 Å². The Labute approximate surface area is 157 Å². The van der Waals surface area contributed by atoms with Gasteiger partial charge in [0.2, 0.25) is 0 Å². The third-order valence-corrected chi connectivity index (χ3v) is 6.15. The third-order valence-electron chi connectivity index (χ3n) is 6.15.